The van der Waals surface area contributed by atoms with Crippen molar-refractivity contribution in [1.29, 1.82) is 0 Å². The van der Waals surface area contributed by atoms with E-state index in [1.54, 1.807) is 0 Å². The van der Waals surface area contributed by atoms with E-state index >= 15 is 0 Å². The first-order chi connectivity index (χ1) is 12.9. The molecule has 3 heteroatoms. The van der Waals surface area contributed by atoms with Crippen LogP contribution in [0.15, 0.2) is 48.5 Å². The monoisotopic (exact) mass is 349 g/mol. The van der Waals surface area contributed by atoms with Crippen molar-refractivity contribution in [3.63, 3.8) is 0 Å². The van der Waals surface area contributed by atoms with Crippen LogP contribution >= 0.6 is 0 Å². The summed E-state index contributed by atoms with van der Waals surface area (Å²) in [6.07, 6.45) is 0. The van der Waals surface area contributed by atoms with Crippen molar-refractivity contribution in [1.82, 2.24) is 0 Å². The highest BCUT2D eigenvalue weighted by Crippen LogP contribution is 2.40. The Bertz CT molecular complexity index is 1170. The van der Waals surface area contributed by atoms with E-state index in [1.807, 2.05) is 6.07 Å². The molecule has 0 saturated carbocycles. The van der Waals surface area contributed by atoms with Crippen molar-refractivity contribution in [2.45, 2.75) is 33.1 Å². The summed E-state index contributed by atoms with van der Waals surface area (Å²) in [5, 5.41) is 0. The maximum Gasteiger partial charge on any atom is 0.251 e. The van der Waals surface area contributed by atoms with Gasteiger partial charge >= 0.3 is 0 Å². The molecule has 2 aliphatic heterocycles. The van der Waals surface area contributed by atoms with Gasteiger partial charge in [-0.15, -0.1) is 0 Å². The largest absolute Gasteiger partial charge is 0.458 e. The van der Waals surface area contributed by atoms with E-state index in [4.69, 9.17) is 11.3 Å². The second kappa shape index (κ2) is 5.27. The summed E-state index contributed by atoms with van der Waals surface area (Å²) in [5.74, 6) is 1.90. The molecule has 0 bridgehead atoms. The van der Waals surface area contributed by atoms with E-state index in [1.165, 1.54) is 38.6 Å². The van der Waals surface area contributed by atoms with Crippen LogP contribution in [0, 0.1) is 20.4 Å². The summed E-state index contributed by atoms with van der Waals surface area (Å²) in [6.45, 7) is 16.5. The lowest BCUT2D eigenvalue weighted by atomic mass is 9.30. The number of hydrogen-bond donors (Lipinski definition) is 0. The smallest absolute Gasteiger partial charge is 0.251 e. The highest BCUT2D eigenvalue weighted by molar-refractivity contribution is 6.98. The fraction of sp³-hybridized carbons (Fsp3) is 0.208. The van der Waals surface area contributed by atoms with Gasteiger partial charge in [-0.3, -0.25) is 0 Å². The Labute approximate surface area is 160 Å². The average molecular weight is 349 g/mol. The molecule has 0 aliphatic carbocycles. The van der Waals surface area contributed by atoms with E-state index in [0.29, 0.717) is 5.69 Å². The molecular formula is C24H20BNO. The van der Waals surface area contributed by atoms with Gasteiger partial charge in [0, 0.05) is 5.41 Å². The molecule has 0 amide bonds. The molecule has 0 unspecified atom stereocenters. The molecule has 27 heavy (non-hydrogen) atoms. The van der Waals surface area contributed by atoms with Crippen molar-refractivity contribution < 1.29 is 4.74 Å². The Hall–Kier alpha value is -2.99. The Morgan fingerprint density at radius 2 is 1.70 bits per heavy atom. The van der Waals surface area contributed by atoms with Crippen molar-refractivity contribution in [2.24, 2.45) is 0 Å². The second-order valence-electron chi connectivity index (χ2n) is 8.25. The van der Waals surface area contributed by atoms with Gasteiger partial charge in [0.15, 0.2) is 5.69 Å². The molecule has 0 saturated heterocycles. The number of nitrogens with zero attached hydrogens (tertiary/aromatic N) is 1. The molecule has 2 heterocycles. The molecule has 0 aromatic heterocycles. The van der Waals surface area contributed by atoms with Crippen molar-refractivity contribution >= 4 is 28.8 Å². The lowest BCUT2D eigenvalue weighted by molar-refractivity contribution is 0.484. The molecule has 2 aliphatic rings. The minimum atomic E-state index is -0.174. The van der Waals surface area contributed by atoms with Crippen LogP contribution < -0.4 is 21.1 Å². The Morgan fingerprint density at radius 3 is 2.48 bits per heavy atom. The van der Waals surface area contributed by atoms with Gasteiger partial charge in [0.2, 0.25) is 0 Å². The molecule has 0 fully saturated rings. The minimum absolute atomic E-state index is 0.154. The maximum atomic E-state index is 7.47. The van der Waals surface area contributed by atoms with Gasteiger partial charge in [-0.1, -0.05) is 66.8 Å². The van der Waals surface area contributed by atoms with Crippen molar-refractivity contribution in [3.05, 3.63) is 82.2 Å². The third kappa shape index (κ3) is 2.07. The maximum absolute atomic E-state index is 7.47. The summed E-state index contributed by atoms with van der Waals surface area (Å²) in [7, 11) is 0. The van der Waals surface area contributed by atoms with Gasteiger partial charge in [-0.2, -0.15) is 0 Å². The minimum Gasteiger partial charge on any atom is -0.458 e. The van der Waals surface area contributed by atoms with E-state index in [-0.39, 0.29) is 12.1 Å². The number of benzene rings is 3. The molecule has 130 valence electrons. The zero-order chi connectivity index (χ0) is 18.9. The SMILES string of the molecule is [C-]#[N+]c1ccc2c(c1)C(C)(C)c1c(C)ccc3c1B2c1cc(C)ccc1O3. The van der Waals surface area contributed by atoms with Crippen LogP contribution in [-0.2, 0) is 5.41 Å². The number of aryl methyl sites for hydroxylation is 2. The first-order valence-electron chi connectivity index (χ1n) is 9.36. The fourth-order valence-corrected chi connectivity index (χ4v) is 5.04. The summed E-state index contributed by atoms with van der Waals surface area (Å²) in [6, 6.07) is 16.9. The van der Waals surface area contributed by atoms with Crippen LogP contribution in [0.2, 0.25) is 0 Å². The van der Waals surface area contributed by atoms with Crippen LogP contribution in [0.25, 0.3) is 4.85 Å². The molecule has 2 nitrogen and oxygen atoms in total. The third-order valence-electron chi connectivity index (χ3n) is 6.17. The average Bonchev–Trinajstić information content (AvgIpc) is 2.65. The first-order valence-corrected chi connectivity index (χ1v) is 9.36. The zero-order valence-corrected chi connectivity index (χ0v) is 16.1. The number of fused-ring (bicyclic) bond motifs is 4. The van der Waals surface area contributed by atoms with Crippen molar-refractivity contribution in [2.75, 3.05) is 0 Å². The number of rotatable bonds is 0. The molecule has 0 spiro atoms. The number of hydrogen-bond acceptors (Lipinski definition) is 1. The van der Waals surface area contributed by atoms with Crippen LogP contribution in [0.1, 0.15) is 36.1 Å². The van der Waals surface area contributed by atoms with Crippen molar-refractivity contribution in [3.8, 4) is 11.5 Å². The quantitative estimate of drug-likeness (QED) is 0.344. The van der Waals surface area contributed by atoms with Gasteiger partial charge in [0.25, 0.3) is 6.71 Å². The normalized spacial score (nSPS) is 15.1. The van der Waals surface area contributed by atoms with Gasteiger partial charge in [0.1, 0.15) is 11.5 Å². The van der Waals surface area contributed by atoms with Gasteiger partial charge in [0.05, 0.1) is 6.57 Å². The summed E-state index contributed by atoms with van der Waals surface area (Å²) in [4.78, 5) is 3.69. The summed E-state index contributed by atoms with van der Waals surface area (Å²) >= 11 is 0. The Balaban J connectivity index is 1.93. The van der Waals surface area contributed by atoms with E-state index in [9.17, 15) is 0 Å². The topological polar surface area (TPSA) is 13.6 Å². The predicted octanol–water partition coefficient (Wildman–Crippen LogP) is 4.12. The lowest BCUT2D eigenvalue weighted by Crippen LogP contribution is -2.62. The van der Waals surface area contributed by atoms with Crippen LogP contribution in [0.3, 0.4) is 0 Å². The number of ether oxygens (including phenoxy) is 1. The molecule has 0 radical (unpaired) electrons. The molecule has 3 aromatic carbocycles. The third-order valence-corrected chi connectivity index (χ3v) is 6.17. The van der Waals surface area contributed by atoms with Crippen LogP contribution in [-0.4, -0.2) is 6.71 Å². The summed E-state index contributed by atoms with van der Waals surface area (Å²) in [5.41, 5.74) is 9.45. The van der Waals surface area contributed by atoms with Gasteiger partial charge < -0.3 is 4.74 Å². The standard InChI is InChI=1S/C24H20BNO/c1-14-6-10-20-19(12-14)25-18-9-8-16(26-5)13-17(18)24(3,4)22-15(2)7-11-21(27-20)23(22)25/h6-13H,1-4H3. The molecular weight excluding hydrogens is 329 g/mol. The predicted molar refractivity (Wildman–Crippen MR) is 112 cm³/mol. The molecule has 0 atom stereocenters. The molecule has 0 N–H and O–H groups in total. The summed E-state index contributed by atoms with van der Waals surface area (Å²) < 4.78 is 6.34. The van der Waals surface area contributed by atoms with Gasteiger partial charge in [-0.05, 0) is 48.0 Å². The lowest BCUT2D eigenvalue weighted by Gasteiger charge is -2.42. The fourth-order valence-electron chi connectivity index (χ4n) is 5.04. The van der Waals surface area contributed by atoms with E-state index < -0.39 is 0 Å². The Kier molecular flexibility index (Phi) is 3.16. The second-order valence-corrected chi connectivity index (χ2v) is 8.25. The molecule has 5 rings (SSSR count). The van der Waals surface area contributed by atoms with Gasteiger partial charge in [-0.25, -0.2) is 4.85 Å². The van der Waals surface area contributed by atoms with E-state index in [2.05, 4.69) is 75.0 Å². The highest BCUT2D eigenvalue weighted by Gasteiger charge is 2.45. The Morgan fingerprint density at radius 1 is 0.926 bits per heavy atom. The van der Waals surface area contributed by atoms with Crippen LogP contribution in [0.5, 0.6) is 11.5 Å². The highest BCUT2D eigenvalue weighted by atomic mass is 16.5. The van der Waals surface area contributed by atoms with Crippen LogP contribution in [0.4, 0.5) is 5.69 Å². The van der Waals surface area contributed by atoms with E-state index in [0.717, 1.165) is 11.5 Å². The first kappa shape index (κ1) is 16.2. The zero-order valence-electron chi connectivity index (χ0n) is 16.1. The molecule has 3 aromatic rings.